The molecule has 0 spiro atoms. The minimum absolute atomic E-state index is 0.0172. The molecular formula is C15H22O3. The number of carbonyl (C=O) groups is 1. The van der Waals surface area contributed by atoms with Crippen molar-refractivity contribution in [1.29, 1.82) is 0 Å². The minimum Gasteiger partial charge on any atom is -0.494 e. The first kappa shape index (κ1) is 14.7. The number of ketones is 1. The number of rotatable bonds is 9. The van der Waals surface area contributed by atoms with E-state index < -0.39 is 0 Å². The number of Topliss-reactive ketones (excluding diaryl/α,β-unsaturated/α-hetero) is 1. The second-order valence-electron chi connectivity index (χ2n) is 4.20. The SMILES string of the molecule is CCCCOc1ccc(C(=O)COCCC)cc1. The summed E-state index contributed by atoms with van der Waals surface area (Å²) in [7, 11) is 0. The van der Waals surface area contributed by atoms with Crippen LogP contribution in [-0.4, -0.2) is 25.6 Å². The lowest BCUT2D eigenvalue weighted by molar-refractivity contribution is 0.0761. The standard InChI is InChI=1S/C15H22O3/c1-3-5-11-18-14-8-6-13(7-9-14)15(16)12-17-10-4-2/h6-9H,3-5,10-12H2,1-2H3. The summed E-state index contributed by atoms with van der Waals surface area (Å²) >= 11 is 0. The van der Waals surface area contributed by atoms with E-state index in [1.165, 1.54) is 0 Å². The zero-order valence-corrected chi connectivity index (χ0v) is 11.3. The Morgan fingerprint density at radius 1 is 1.06 bits per heavy atom. The van der Waals surface area contributed by atoms with Crippen molar-refractivity contribution in [2.24, 2.45) is 0 Å². The first-order chi connectivity index (χ1) is 8.77. The molecule has 1 rings (SSSR count). The third-order valence-corrected chi connectivity index (χ3v) is 2.52. The molecule has 0 aliphatic carbocycles. The molecule has 18 heavy (non-hydrogen) atoms. The number of unbranched alkanes of at least 4 members (excludes halogenated alkanes) is 1. The zero-order chi connectivity index (χ0) is 13.2. The number of hydrogen-bond acceptors (Lipinski definition) is 3. The fraction of sp³-hybridized carbons (Fsp3) is 0.533. The maximum atomic E-state index is 11.7. The van der Waals surface area contributed by atoms with Crippen molar-refractivity contribution in [3.8, 4) is 5.75 Å². The molecule has 100 valence electrons. The highest BCUT2D eigenvalue weighted by Crippen LogP contribution is 2.13. The predicted molar refractivity (Wildman–Crippen MR) is 72.3 cm³/mol. The molecule has 0 N–H and O–H groups in total. The van der Waals surface area contributed by atoms with Gasteiger partial charge in [0.1, 0.15) is 12.4 Å². The van der Waals surface area contributed by atoms with Gasteiger partial charge in [-0.05, 0) is 37.1 Å². The molecule has 0 radical (unpaired) electrons. The quantitative estimate of drug-likeness (QED) is 0.497. The highest BCUT2D eigenvalue weighted by atomic mass is 16.5. The molecule has 0 aliphatic heterocycles. The molecule has 0 saturated carbocycles. The summed E-state index contributed by atoms with van der Waals surface area (Å²) in [6.07, 6.45) is 3.09. The maximum Gasteiger partial charge on any atom is 0.188 e. The van der Waals surface area contributed by atoms with Crippen LogP contribution in [0.25, 0.3) is 0 Å². The largest absolute Gasteiger partial charge is 0.494 e. The highest BCUT2D eigenvalue weighted by molar-refractivity contribution is 5.97. The number of carbonyl (C=O) groups excluding carboxylic acids is 1. The van der Waals surface area contributed by atoms with Gasteiger partial charge >= 0.3 is 0 Å². The summed E-state index contributed by atoms with van der Waals surface area (Å²) in [5, 5.41) is 0. The fourth-order valence-electron chi connectivity index (χ4n) is 1.46. The zero-order valence-electron chi connectivity index (χ0n) is 11.3. The molecular weight excluding hydrogens is 228 g/mol. The van der Waals surface area contributed by atoms with Crippen LogP contribution < -0.4 is 4.74 Å². The van der Waals surface area contributed by atoms with E-state index >= 15 is 0 Å². The molecule has 0 aromatic heterocycles. The average Bonchev–Trinajstić information content (AvgIpc) is 2.40. The van der Waals surface area contributed by atoms with Gasteiger partial charge in [0.25, 0.3) is 0 Å². The number of ether oxygens (including phenoxy) is 2. The molecule has 0 heterocycles. The van der Waals surface area contributed by atoms with E-state index in [-0.39, 0.29) is 12.4 Å². The topological polar surface area (TPSA) is 35.5 Å². The van der Waals surface area contributed by atoms with Gasteiger partial charge in [0.15, 0.2) is 5.78 Å². The highest BCUT2D eigenvalue weighted by Gasteiger charge is 2.05. The van der Waals surface area contributed by atoms with Gasteiger partial charge < -0.3 is 9.47 Å². The Morgan fingerprint density at radius 2 is 1.78 bits per heavy atom. The van der Waals surface area contributed by atoms with Gasteiger partial charge in [-0.2, -0.15) is 0 Å². The maximum absolute atomic E-state index is 11.7. The molecule has 1 aromatic rings. The van der Waals surface area contributed by atoms with Gasteiger partial charge in [-0.25, -0.2) is 0 Å². The summed E-state index contributed by atoms with van der Waals surface area (Å²) in [4.78, 5) is 11.7. The van der Waals surface area contributed by atoms with Gasteiger partial charge in [-0.3, -0.25) is 4.79 Å². The second-order valence-corrected chi connectivity index (χ2v) is 4.20. The molecule has 0 fully saturated rings. The van der Waals surface area contributed by atoms with E-state index in [0.717, 1.165) is 31.6 Å². The summed E-state index contributed by atoms with van der Waals surface area (Å²) in [6, 6.07) is 7.25. The van der Waals surface area contributed by atoms with Crippen molar-refractivity contribution >= 4 is 5.78 Å². The first-order valence-electron chi connectivity index (χ1n) is 6.61. The van der Waals surface area contributed by atoms with Gasteiger partial charge in [0.2, 0.25) is 0 Å². The Hall–Kier alpha value is -1.35. The molecule has 1 aromatic carbocycles. The average molecular weight is 250 g/mol. The molecule has 0 atom stereocenters. The van der Waals surface area contributed by atoms with Crippen molar-refractivity contribution in [2.45, 2.75) is 33.1 Å². The number of hydrogen-bond donors (Lipinski definition) is 0. The lowest BCUT2D eigenvalue weighted by atomic mass is 10.1. The molecule has 0 unspecified atom stereocenters. The van der Waals surface area contributed by atoms with Crippen LogP contribution in [0.3, 0.4) is 0 Å². The smallest absolute Gasteiger partial charge is 0.188 e. The van der Waals surface area contributed by atoms with E-state index in [0.29, 0.717) is 12.2 Å². The summed E-state index contributed by atoms with van der Waals surface area (Å²) in [6.45, 7) is 5.66. The van der Waals surface area contributed by atoms with Crippen LogP contribution in [0.1, 0.15) is 43.5 Å². The third kappa shape index (κ3) is 5.32. The molecule has 3 heteroatoms. The Bertz CT molecular complexity index is 343. The monoisotopic (exact) mass is 250 g/mol. The van der Waals surface area contributed by atoms with Crippen molar-refractivity contribution < 1.29 is 14.3 Å². The van der Waals surface area contributed by atoms with Crippen molar-refractivity contribution in [3.05, 3.63) is 29.8 Å². The Labute approximate surface area is 109 Å². The molecule has 0 amide bonds. The third-order valence-electron chi connectivity index (χ3n) is 2.52. The van der Waals surface area contributed by atoms with E-state index in [1.807, 2.05) is 19.1 Å². The fourth-order valence-corrected chi connectivity index (χ4v) is 1.46. The van der Waals surface area contributed by atoms with E-state index in [1.54, 1.807) is 12.1 Å². The lowest BCUT2D eigenvalue weighted by Gasteiger charge is -2.06. The first-order valence-corrected chi connectivity index (χ1v) is 6.61. The number of benzene rings is 1. The predicted octanol–water partition coefficient (Wildman–Crippen LogP) is 3.47. The normalized spacial score (nSPS) is 10.3. The van der Waals surface area contributed by atoms with Crippen LogP contribution >= 0.6 is 0 Å². The minimum atomic E-state index is 0.0172. The molecule has 0 saturated heterocycles. The summed E-state index contributed by atoms with van der Waals surface area (Å²) < 4.78 is 10.8. The van der Waals surface area contributed by atoms with E-state index in [9.17, 15) is 4.79 Å². The van der Waals surface area contributed by atoms with Crippen LogP contribution in [0.2, 0.25) is 0 Å². The van der Waals surface area contributed by atoms with E-state index in [2.05, 4.69) is 6.92 Å². The van der Waals surface area contributed by atoms with Crippen LogP contribution in [0.4, 0.5) is 0 Å². The van der Waals surface area contributed by atoms with Gasteiger partial charge in [0.05, 0.1) is 6.61 Å². The summed E-state index contributed by atoms with van der Waals surface area (Å²) in [5.41, 5.74) is 0.675. The van der Waals surface area contributed by atoms with Crippen molar-refractivity contribution in [1.82, 2.24) is 0 Å². The van der Waals surface area contributed by atoms with Crippen LogP contribution in [0.5, 0.6) is 5.75 Å². The van der Waals surface area contributed by atoms with Crippen molar-refractivity contribution in [3.63, 3.8) is 0 Å². The van der Waals surface area contributed by atoms with Crippen LogP contribution in [-0.2, 0) is 4.74 Å². The molecule has 3 nitrogen and oxygen atoms in total. The van der Waals surface area contributed by atoms with Crippen LogP contribution in [0, 0.1) is 0 Å². The second kappa shape index (κ2) is 8.70. The molecule has 0 bridgehead atoms. The van der Waals surface area contributed by atoms with Crippen molar-refractivity contribution in [2.75, 3.05) is 19.8 Å². The Morgan fingerprint density at radius 3 is 2.39 bits per heavy atom. The van der Waals surface area contributed by atoms with Gasteiger partial charge in [-0.15, -0.1) is 0 Å². The van der Waals surface area contributed by atoms with Gasteiger partial charge in [-0.1, -0.05) is 20.3 Å². The van der Waals surface area contributed by atoms with Crippen LogP contribution in [0.15, 0.2) is 24.3 Å². The Kier molecular flexibility index (Phi) is 7.11. The Balaban J connectivity index is 2.41. The molecule has 0 aliphatic rings. The van der Waals surface area contributed by atoms with E-state index in [4.69, 9.17) is 9.47 Å². The summed E-state index contributed by atoms with van der Waals surface area (Å²) in [5.74, 6) is 0.832. The van der Waals surface area contributed by atoms with Gasteiger partial charge in [0, 0.05) is 12.2 Å². The lowest BCUT2D eigenvalue weighted by Crippen LogP contribution is -2.09.